The summed E-state index contributed by atoms with van der Waals surface area (Å²) in [5.41, 5.74) is 5.81. The second-order valence-electron chi connectivity index (χ2n) is 7.45. The average Bonchev–Trinajstić information content (AvgIpc) is 3.26. The van der Waals surface area contributed by atoms with Crippen molar-refractivity contribution >= 4 is 11.6 Å². The van der Waals surface area contributed by atoms with E-state index in [-0.39, 0.29) is 12.5 Å². The summed E-state index contributed by atoms with van der Waals surface area (Å²) < 4.78 is 11.0. The largest absolute Gasteiger partial charge is 0.484 e. The summed E-state index contributed by atoms with van der Waals surface area (Å²) >= 11 is 0. The number of benzene rings is 3. The molecule has 0 aliphatic rings. The zero-order valence-corrected chi connectivity index (χ0v) is 17.7. The molecule has 0 saturated heterocycles. The van der Waals surface area contributed by atoms with Crippen molar-refractivity contribution in [1.29, 1.82) is 0 Å². The van der Waals surface area contributed by atoms with Crippen LogP contribution in [0.4, 0.5) is 5.69 Å². The number of aromatic nitrogens is 2. The van der Waals surface area contributed by atoms with Crippen LogP contribution in [-0.4, -0.2) is 22.7 Å². The molecule has 0 aliphatic heterocycles. The van der Waals surface area contributed by atoms with E-state index in [2.05, 4.69) is 15.5 Å². The molecule has 31 heavy (non-hydrogen) atoms. The van der Waals surface area contributed by atoms with Crippen LogP contribution in [0, 0.1) is 20.8 Å². The minimum Gasteiger partial charge on any atom is -0.484 e. The molecular weight excluding hydrogens is 390 g/mol. The molecule has 6 nitrogen and oxygen atoms in total. The van der Waals surface area contributed by atoms with Gasteiger partial charge >= 0.3 is 0 Å². The van der Waals surface area contributed by atoms with Crippen molar-refractivity contribution in [3.8, 4) is 28.6 Å². The van der Waals surface area contributed by atoms with Crippen molar-refractivity contribution in [1.82, 2.24) is 10.1 Å². The highest BCUT2D eigenvalue weighted by molar-refractivity contribution is 5.92. The summed E-state index contributed by atoms with van der Waals surface area (Å²) in [5, 5.41) is 6.88. The maximum atomic E-state index is 12.2. The average molecular weight is 413 g/mol. The quantitative estimate of drug-likeness (QED) is 0.461. The van der Waals surface area contributed by atoms with Gasteiger partial charge in [0.2, 0.25) is 5.82 Å². The number of rotatable bonds is 6. The molecule has 0 atom stereocenters. The summed E-state index contributed by atoms with van der Waals surface area (Å²) in [6.07, 6.45) is 0. The van der Waals surface area contributed by atoms with Gasteiger partial charge in [0.05, 0.1) is 0 Å². The molecule has 0 saturated carbocycles. The summed E-state index contributed by atoms with van der Waals surface area (Å²) in [6, 6.07) is 20.9. The molecule has 3 aromatic carbocycles. The van der Waals surface area contributed by atoms with Gasteiger partial charge in [-0.3, -0.25) is 4.79 Å². The van der Waals surface area contributed by atoms with Gasteiger partial charge in [0.25, 0.3) is 11.8 Å². The highest BCUT2D eigenvalue weighted by Crippen LogP contribution is 2.24. The fraction of sp³-hybridized carbons (Fsp3) is 0.160. The van der Waals surface area contributed by atoms with Crippen LogP contribution in [0.25, 0.3) is 22.8 Å². The number of nitrogens with one attached hydrogen (secondary N) is 1. The Labute approximate surface area is 180 Å². The topological polar surface area (TPSA) is 77.2 Å². The molecular formula is C25H23N3O3. The predicted octanol–water partition coefficient (Wildman–Crippen LogP) is 5.35. The molecule has 0 aliphatic carbocycles. The van der Waals surface area contributed by atoms with Crippen LogP contribution in [0.3, 0.4) is 0 Å². The van der Waals surface area contributed by atoms with Crippen molar-refractivity contribution in [2.45, 2.75) is 20.8 Å². The lowest BCUT2D eigenvalue weighted by molar-refractivity contribution is -0.118. The summed E-state index contributed by atoms with van der Waals surface area (Å²) in [7, 11) is 0. The minimum atomic E-state index is -0.231. The molecule has 4 rings (SSSR count). The number of amides is 1. The van der Waals surface area contributed by atoms with E-state index in [1.807, 2.05) is 75.4 Å². The number of anilines is 1. The number of hydrogen-bond acceptors (Lipinski definition) is 5. The maximum Gasteiger partial charge on any atom is 0.262 e. The molecule has 0 spiro atoms. The lowest BCUT2D eigenvalue weighted by atomic mass is 10.1. The Morgan fingerprint density at radius 1 is 0.903 bits per heavy atom. The van der Waals surface area contributed by atoms with E-state index >= 15 is 0 Å². The van der Waals surface area contributed by atoms with Gasteiger partial charge in [0.15, 0.2) is 6.61 Å². The number of carbonyl (C=O) groups is 1. The molecule has 156 valence electrons. The molecule has 4 aromatic rings. The Morgan fingerprint density at radius 2 is 1.61 bits per heavy atom. The molecule has 1 amide bonds. The minimum absolute atomic E-state index is 0.0617. The van der Waals surface area contributed by atoms with Crippen LogP contribution in [0.15, 0.2) is 71.3 Å². The number of nitrogens with zero attached hydrogens (tertiary/aromatic N) is 2. The fourth-order valence-electron chi connectivity index (χ4n) is 3.01. The number of carbonyl (C=O) groups excluding carboxylic acids is 1. The first-order valence-corrected chi connectivity index (χ1v) is 9.99. The fourth-order valence-corrected chi connectivity index (χ4v) is 3.01. The Hall–Kier alpha value is -3.93. The van der Waals surface area contributed by atoms with Gasteiger partial charge in [0, 0.05) is 16.8 Å². The Balaban J connectivity index is 1.36. The van der Waals surface area contributed by atoms with Crippen LogP contribution >= 0.6 is 0 Å². The third-order valence-electron chi connectivity index (χ3n) is 5.00. The van der Waals surface area contributed by atoms with Crippen molar-refractivity contribution in [2.75, 3.05) is 11.9 Å². The first-order valence-electron chi connectivity index (χ1n) is 9.99. The molecule has 0 bridgehead atoms. The predicted molar refractivity (Wildman–Crippen MR) is 120 cm³/mol. The second-order valence-corrected chi connectivity index (χ2v) is 7.45. The zero-order valence-electron chi connectivity index (χ0n) is 17.7. The van der Waals surface area contributed by atoms with Crippen LogP contribution in [0.1, 0.15) is 16.7 Å². The second kappa shape index (κ2) is 8.83. The van der Waals surface area contributed by atoms with Gasteiger partial charge in [-0.15, -0.1) is 0 Å². The van der Waals surface area contributed by atoms with Gasteiger partial charge in [-0.1, -0.05) is 41.1 Å². The van der Waals surface area contributed by atoms with Crippen LogP contribution in [0.5, 0.6) is 5.75 Å². The summed E-state index contributed by atoms with van der Waals surface area (Å²) in [5.74, 6) is 1.40. The molecule has 1 N–H and O–H groups in total. The monoisotopic (exact) mass is 413 g/mol. The highest BCUT2D eigenvalue weighted by atomic mass is 16.5. The number of ether oxygens (including phenoxy) is 1. The third-order valence-corrected chi connectivity index (χ3v) is 5.00. The third kappa shape index (κ3) is 4.98. The van der Waals surface area contributed by atoms with Crippen LogP contribution in [0.2, 0.25) is 0 Å². The smallest absolute Gasteiger partial charge is 0.262 e. The SMILES string of the molecule is Cc1ccc(-c2noc(-c3ccc(NC(=O)COc4ccc(C)c(C)c4)cc3)n2)cc1. The van der Waals surface area contributed by atoms with Gasteiger partial charge in [-0.05, 0) is 68.3 Å². The summed E-state index contributed by atoms with van der Waals surface area (Å²) in [4.78, 5) is 16.7. The lowest BCUT2D eigenvalue weighted by Gasteiger charge is -2.09. The van der Waals surface area contributed by atoms with Crippen molar-refractivity contribution < 1.29 is 14.1 Å². The molecule has 0 unspecified atom stereocenters. The van der Waals surface area contributed by atoms with Crippen LogP contribution in [-0.2, 0) is 4.79 Å². The van der Waals surface area contributed by atoms with E-state index in [1.54, 1.807) is 12.1 Å². The van der Waals surface area contributed by atoms with E-state index < -0.39 is 0 Å². The lowest BCUT2D eigenvalue weighted by Crippen LogP contribution is -2.20. The van der Waals surface area contributed by atoms with Gasteiger partial charge in [-0.25, -0.2) is 0 Å². The standard InChI is InChI=1S/C25H23N3O3/c1-16-4-7-19(8-5-16)24-27-25(31-28-24)20-9-11-21(12-10-20)26-23(29)15-30-22-13-6-17(2)18(3)14-22/h4-14H,15H2,1-3H3,(H,26,29). The highest BCUT2D eigenvalue weighted by Gasteiger charge is 2.11. The number of aryl methyl sites for hydroxylation is 3. The van der Waals surface area contributed by atoms with Crippen LogP contribution < -0.4 is 10.1 Å². The van der Waals surface area contributed by atoms with Crippen molar-refractivity contribution in [2.24, 2.45) is 0 Å². The van der Waals surface area contributed by atoms with E-state index in [0.717, 1.165) is 16.7 Å². The Bertz CT molecular complexity index is 1200. The van der Waals surface area contributed by atoms with E-state index in [1.165, 1.54) is 11.1 Å². The molecule has 1 heterocycles. The molecule has 1 aromatic heterocycles. The van der Waals surface area contributed by atoms with Gasteiger partial charge in [0.1, 0.15) is 5.75 Å². The van der Waals surface area contributed by atoms with Crippen molar-refractivity contribution in [3.63, 3.8) is 0 Å². The zero-order chi connectivity index (χ0) is 21.8. The van der Waals surface area contributed by atoms with E-state index in [4.69, 9.17) is 9.26 Å². The first-order chi connectivity index (χ1) is 15.0. The Kier molecular flexibility index (Phi) is 5.80. The van der Waals surface area contributed by atoms with E-state index in [9.17, 15) is 4.79 Å². The van der Waals surface area contributed by atoms with Gasteiger partial charge < -0.3 is 14.6 Å². The Morgan fingerprint density at radius 3 is 2.32 bits per heavy atom. The first kappa shape index (κ1) is 20.3. The molecule has 0 fully saturated rings. The maximum absolute atomic E-state index is 12.2. The van der Waals surface area contributed by atoms with Gasteiger partial charge in [-0.2, -0.15) is 4.98 Å². The molecule has 6 heteroatoms. The normalized spacial score (nSPS) is 10.7. The number of hydrogen-bond donors (Lipinski definition) is 1. The van der Waals surface area contributed by atoms with E-state index in [0.29, 0.717) is 23.2 Å². The molecule has 0 radical (unpaired) electrons. The summed E-state index contributed by atoms with van der Waals surface area (Å²) in [6.45, 7) is 6.01. The van der Waals surface area contributed by atoms with Crippen molar-refractivity contribution in [3.05, 3.63) is 83.4 Å².